The van der Waals surface area contributed by atoms with Gasteiger partial charge in [-0.15, -0.1) is 0 Å². The Hall–Kier alpha value is -2.21. The van der Waals surface area contributed by atoms with Crippen molar-refractivity contribution in [3.05, 3.63) is 69.8 Å². The Kier molecular flexibility index (Phi) is 5.47. The number of amides is 1. The summed E-state index contributed by atoms with van der Waals surface area (Å²) in [5.41, 5.74) is 6.56. The van der Waals surface area contributed by atoms with Gasteiger partial charge in [-0.2, -0.15) is 0 Å². The minimum absolute atomic E-state index is 0.0450. The van der Waals surface area contributed by atoms with E-state index < -0.39 is 5.54 Å². The van der Waals surface area contributed by atoms with Gasteiger partial charge in [0.15, 0.2) is 0 Å². The van der Waals surface area contributed by atoms with Gasteiger partial charge < -0.3 is 15.2 Å². The molecule has 0 radical (unpaired) electrons. The highest BCUT2D eigenvalue weighted by Gasteiger charge is 2.49. The van der Waals surface area contributed by atoms with Crippen LogP contribution in [0.5, 0.6) is 0 Å². The fraction of sp³-hybridized carbons (Fsp3) is 0.458. The number of aliphatic hydroxyl groups excluding tert-OH is 1. The number of rotatable bonds is 4. The maximum atomic E-state index is 12.2. The summed E-state index contributed by atoms with van der Waals surface area (Å²) in [5.74, 6) is -0.0450. The highest BCUT2D eigenvalue weighted by atomic mass is 16.5. The third-order valence-electron chi connectivity index (χ3n) is 6.69. The van der Waals surface area contributed by atoms with Gasteiger partial charge >= 0.3 is 0 Å². The van der Waals surface area contributed by atoms with E-state index in [1.165, 1.54) is 16.7 Å². The van der Waals surface area contributed by atoms with Crippen molar-refractivity contribution in [3.63, 3.8) is 0 Å². The molecule has 154 valence electrons. The minimum Gasteiger partial charge on any atom is -0.392 e. The van der Waals surface area contributed by atoms with E-state index in [-0.39, 0.29) is 25.2 Å². The zero-order valence-corrected chi connectivity index (χ0v) is 17.5. The van der Waals surface area contributed by atoms with E-state index in [0.29, 0.717) is 0 Å². The van der Waals surface area contributed by atoms with Crippen molar-refractivity contribution in [2.75, 3.05) is 19.7 Å². The molecule has 0 bridgehead atoms. The van der Waals surface area contributed by atoms with Crippen LogP contribution >= 0.6 is 0 Å². The first-order chi connectivity index (χ1) is 13.9. The molecular weight excluding hydrogens is 364 g/mol. The van der Waals surface area contributed by atoms with Gasteiger partial charge in [0.25, 0.3) is 0 Å². The quantitative estimate of drug-likeness (QED) is 0.837. The van der Waals surface area contributed by atoms with Crippen LogP contribution in [0.4, 0.5) is 0 Å². The average Bonchev–Trinajstić information content (AvgIpc) is 2.72. The molecule has 2 aliphatic rings. The molecule has 2 aliphatic heterocycles. The Balaban J connectivity index is 1.60. The first-order valence-electron chi connectivity index (χ1n) is 10.3. The SMILES string of the molecule is Cc1cc(C)c(CN2CC[C@@]3(c4ccccc4)NC(=O)CO[C@@H]3C2)c(C)c1CO. The number of nitrogens with zero attached hydrogens (tertiary/aromatic N) is 1. The summed E-state index contributed by atoms with van der Waals surface area (Å²) in [6, 6.07) is 12.4. The number of benzene rings is 2. The number of ether oxygens (including phenoxy) is 1. The van der Waals surface area contributed by atoms with Crippen LogP contribution in [0, 0.1) is 20.8 Å². The average molecular weight is 395 g/mol. The fourth-order valence-electron chi connectivity index (χ4n) is 5.04. The van der Waals surface area contributed by atoms with Gasteiger partial charge in [0.05, 0.1) is 18.2 Å². The van der Waals surface area contributed by atoms with E-state index in [2.05, 4.69) is 49.2 Å². The van der Waals surface area contributed by atoms with Crippen molar-refractivity contribution in [1.82, 2.24) is 10.2 Å². The molecule has 0 unspecified atom stereocenters. The number of hydrogen-bond donors (Lipinski definition) is 2. The van der Waals surface area contributed by atoms with Crippen molar-refractivity contribution in [3.8, 4) is 0 Å². The van der Waals surface area contributed by atoms with Crippen molar-refractivity contribution in [2.24, 2.45) is 0 Å². The normalized spacial score (nSPS) is 24.8. The first kappa shape index (κ1) is 20.1. The van der Waals surface area contributed by atoms with Crippen molar-refractivity contribution < 1.29 is 14.6 Å². The molecule has 4 rings (SSSR count). The zero-order chi connectivity index (χ0) is 20.6. The molecule has 0 spiro atoms. The van der Waals surface area contributed by atoms with Gasteiger partial charge in [-0.3, -0.25) is 9.69 Å². The van der Waals surface area contributed by atoms with E-state index in [0.717, 1.165) is 42.7 Å². The summed E-state index contributed by atoms with van der Waals surface area (Å²) in [6.07, 6.45) is 0.726. The summed E-state index contributed by atoms with van der Waals surface area (Å²) in [6.45, 7) is 8.95. The molecule has 2 N–H and O–H groups in total. The Morgan fingerprint density at radius 1 is 1.17 bits per heavy atom. The third kappa shape index (κ3) is 3.59. The Labute approximate surface area is 172 Å². The van der Waals surface area contributed by atoms with Crippen LogP contribution in [0.15, 0.2) is 36.4 Å². The van der Waals surface area contributed by atoms with Crippen LogP contribution < -0.4 is 5.32 Å². The van der Waals surface area contributed by atoms with Gasteiger partial charge in [-0.1, -0.05) is 36.4 Å². The summed E-state index contributed by atoms with van der Waals surface area (Å²) in [5, 5.41) is 13.0. The lowest BCUT2D eigenvalue weighted by Gasteiger charge is -2.50. The molecule has 0 aliphatic carbocycles. The molecule has 0 saturated carbocycles. The summed E-state index contributed by atoms with van der Waals surface area (Å²) in [4.78, 5) is 14.6. The largest absolute Gasteiger partial charge is 0.392 e. The van der Waals surface area contributed by atoms with Crippen LogP contribution in [0.1, 0.15) is 39.8 Å². The maximum absolute atomic E-state index is 12.2. The number of carbonyl (C=O) groups excluding carboxylic acids is 1. The molecular formula is C24H30N2O3. The number of likely N-dealkylation sites (tertiary alicyclic amines) is 1. The Morgan fingerprint density at radius 3 is 2.62 bits per heavy atom. The summed E-state index contributed by atoms with van der Waals surface area (Å²) >= 11 is 0. The van der Waals surface area contributed by atoms with Gasteiger partial charge in [0.1, 0.15) is 6.61 Å². The van der Waals surface area contributed by atoms with Crippen molar-refractivity contribution in [2.45, 2.75) is 52.0 Å². The van der Waals surface area contributed by atoms with E-state index in [1.54, 1.807) is 0 Å². The van der Waals surface area contributed by atoms with Crippen LogP contribution in [-0.4, -0.2) is 41.7 Å². The zero-order valence-electron chi connectivity index (χ0n) is 17.5. The standard InChI is InChI=1S/C24H30N2O3/c1-16-11-17(2)21(14-27)18(3)20(16)12-26-10-9-24(19-7-5-4-6-8-19)22(13-26)29-15-23(28)25-24/h4-8,11,22,27H,9-10,12-15H2,1-3H3,(H,25,28)/t22-,24+/m1/s1. The molecule has 1 amide bonds. The molecule has 0 aromatic heterocycles. The molecule has 2 heterocycles. The highest BCUT2D eigenvalue weighted by Crippen LogP contribution is 2.38. The second-order valence-corrected chi connectivity index (χ2v) is 8.42. The number of morpholine rings is 1. The Morgan fingerprint density at radius 2 is 1.90 bits per heavy atom. The molecule has 5 heteroatoms. The molecule has 2 saturated heterocycles. The van der Waals surface area contributed by atoms with Gasteiger partial charge in [-0.25, -0.2) is 0 Å². The number of fused-ring (bicyclic) bond motifs is 1. The van der Waals surface area contributed by atoms with Crippen LogP contribution in [0.2, 0.25) is 0 Å². The molecule has 2 fully saturated rings. The number of aryl methyl sites for hydroxylation is 2. The predicted molar refractivity (Wildman–Crippen MR) is 112 cm³/mol. The van der Waals surface area contributed by atoms with E-state index >= 15 is 0 Å². The van der Waals surface area contributed by atoms with E-state index in [1.807, 2.05) is 18.2 Å². The minimum atomic E-state index is -0.458. The topological polar surface area (TPSA) is 61.8 Å². The van der Waals surface area contributed by atoms with Crippen LogP contribution in [0.25, 0.3) is 0 Å². The van der Waals surface area contributed by atoms with Gasteiger partial charge in [0.2, 0.25) is 5.91 Å². The maximum Gasteiger partial charge on any atom is 0.246 e. The number of piperidine rings is 1. The van der Waals surface area contributed by atoms with Gasteiger partial charge in [-0.05, 0) is 60.6 Å². The third-order valence-corrected chi connectivity index (χ3v) is 6.69. The van der Waals surface area contributed by atoms with Crippen LogP contribution in [0.3, 0.4) is 0 Å². The lowest BCUT2D eigenvalue weighted by Crippen LogP contribution is -2.66. The van der Waals surface area contributed by atoms with Crippen molar-refractivity contribution in [1.29, 1.82) is 0 Å². The lowest BCUT2D eigenvalue weighted by molar-refractivity contribution is -0.152. The first-order valence-corrected chi connectivity index (χ1v) is 10.3. The fourth-order valence-corrected chi connectivity index (χ4v) is 5.04. The summed E-state index contributed by atoms with van der Waals surface area (Å²) < 4.78 is 6.05. The molecule has 5 nitrogen and oxygen atoms in total. The number of hydrogen-bond acceptors (Lipinski definition) is 4. The Bertz CT molecular complexity index is 912. The second-order valence-electron chi connectivity index (χ2n) is 8.42. The number of aliphatic hydroxyl groups is 1. The highest BCUT2D eigenvalue weighted by molar-refractivity contribution is 5.79. The van der Waals surface area contributed by atoms with Gasteiger partial charge in [0, 0.05) is 19.6 Å². The molecule has 29 heavy (non-hydrogen) atoms. The summed E-state index contributed by atoms with van der Waals surface area (Å²) in [7, 11) is 0. The molecule has 2 atom stereocenters. The van der Waals surface area contributed by atoms with E-state index in [9.17, 15) is 9.90 Å². The van der Waals surface area contributed by atoms with Crippen LogP contribution in [-0.2, 0) is 28.2 Å². The monoisotopic (exact) mass is 394 g/mol. The number of nitrogens with one attached hydrogen (secondary N) is 1. The second kappa shape index (κ2) is 7.90. The molecule has 2 aromatic rings. The smallest absolute Gasteiger partial charge is 0.246 e. The van der Waals surface area contributed by atoms with Crippen molar-refractivity contribution >= 4 is 5.91 Å². The van der Waals surface area contributed by atoms with E-state index in [4.69, 9.17) is 4.74 Å². The number of carbonyl (C=O) groups is 1. The predicted octanol–water partition coefficient (Wildman–Crippen LogP) is 2.72. The lowest BCUT2D eigenvalue weighted by atomic mass is 9.77. The molecule has 2 aromatic carbocycles.